The van der Waals surface area contributed by atoms with Crippen molar-refractivity contribution >= 4 is 45.1 Å². The first-order valence-corrected chi connectivity index (χ1v) is 9.32. The zero-order valence-electron chi connectivity index (χ0n) is 12.4. The summed E-state index contributed by atoms with van der Waals surface area (Å²) in [7, 11) is -3.74. The van der Waals surface area contributed by atoms with Crippen molar-refractivity contribution in [3.63, 3.8) is 0 Å². The molecule has 7 heteroatoms. The van der Waals surface area contributed by atoms with Crippen LogP contribution in [0, 0.1) is 0 Å². The number of sulfonamides is 1. The molecule has 0 fully saturated rings. The average Bonchev–Trinajstić information content (AvgIpc) is 2.44. The number of hydrogen-bond donors (Lipinski definition) is 1. The Kier molecular flexibility index (Phi) is 7.93. The van der Waals surface area contributed by atoms with Crippen molar-refractivity contribution < 1.29 is 8.42 Å². The van der Waals surface area contributed by atoms with Gasteiger partial charge in [0.1, 0.15) is 5.84 Å². The van der Waals surface area contributed by atoms with E-state index in [-0.39, 0.29) is 5.84 Å². The van der Waals surface area contributed by atoms with Crippen LogP contribution in [0.4, 0.5) is 0 Å². The third-order valence-electron chi connectivity index (χ3n) is 2.91. The molecule has 0 saturated carbocycles. The highest BCUT2D eigenvalue weighted by Gasteiger charge is 2.05. The lowest BCUT2D eigenvalue weighted by molar-refractivity contribution is 0.606. The summed E-state index contributed by atoms with van der Waals surface area (Å²) < 4.78 is 27.3. The average molecular weight is 363 g/mol. The van der Waals surface area contributed by atoms with Crippen LogP contribution in [0.5, 0.6) is 0 Å². The lowest BCUT2D eigenvalue weighted by Crippen LogP contribution is -2.13. The second-order valence-electron chi connectivity index (χ2n) is 4.88. The molecule has 122 valence electrons. The lowest BCUT2D eigenvalue weighted by Gasteiger charge is -2.00. The molecule has 0 bridgehead atoms. The highest BCUT2D eigenvalue weighted by molar-refractivity contribution is 7.93. The van der Waals surface area contributed by atoms with Crippen molar-refractivity contribution in [2.75, 3.05) is 0 Å². The first-order chi connectivity index (χ1) is 10.3. The fourth-order valence-corrected chi connectivity index (χ4v) is 2.87. The van der Waals surface area contributed by atoms with E-state index in [1.54, 1.807) is 18.2 Å². The minimum absolute atomic E-state index is 0.134. The molecular formula is C15H20Cl2N2O2S. The minimum atomic E-state index is -3.74. The first-order valence-electron chi connectivity index (χ1n) is 7.06. The van der Waals surface area contributed by atoms with Gasteiger partial charge in [0, 0.05) is 6.42 Å². The third kappa shape index (κ3) is 7.29. The summed E-state index contributed by atoms with van der Waals surface area (Å²) in [6, 6.07) is 4.84. The quantitative estimate of drug-likeness (QED) is 0.416. The van der Waals surface area contributed by atoms with E-state index in [4.69, 9.17) is 28.9 Å². The van der Waals surface area contributed by atoms with E-state index in [1.165, 1.54) is 6.08 Å². The molecular weight excluding hydrogens is 343 g/mol. The minimum Gasteiger partial charge on any atom is -0.386 e. The van der Waals surface area contributed by atoms with Crippen molar-refractivity contribution in [3.05, 3.63) is 39.2 Å². The molecule has 1 aromatic rings. The number of nitrogens with two attached hydrogens (primary N) is 1. The van der Waals surface area contributed by atoms with Gasteiger partial charge in [0.2, 0.25) is 0 Å². The number of hydrogen-bond acceptors (Lipinski definition) is 2. The van der Waals surface area contributed by atoms with Gasteiger partial charge in [0.25, 0.3) is 10.0 Å². The first kappa shape index (κ1) is 19.0. The van der Waals surface area contributed by atoms with E-state index >= 15 is 0 Å². The van der Waals surface area contributed by atoms with Gasteiger partial charge in [-0.3, -0.25) is 0 Å². The molecule has 2 N–H and O–H groups in total. The molecule has 0 spiro atoms. The van der Waals surface area contributed by atoms with Crippen LogP contribution in [0.25, 0.3) is 6.08 Å². The topological polar surface area (TPSA) is 72.5 Å². The van der Waals surface area contributed by atoms with E-state index in [0.29, 0.717) is 22.0 Å². The van der Waals surface area contributed by atoms with Crippen molar-refractivity contribution in [2.24, 2.45) is 10.1 Å². The Hall–Kier alpha value is -1.04. The maximum atomic E-state index is 11.8. The van der Waals surface area contributed by atoms with Crippen molar-refractivity contribution in [2.45, 2.75) is 39.0 Å². The van der Waals surface area contributed by atoms with Crippen LogP contribution in [0.1, 0.15) is 44.6 Å². The van der Waals surface area contributed by atoms with E-state index in [9.17, 15) is 8.42 Å². The predicted molar refractivity (Wildman–Crippen MR) is 94.8 cm³/mol. The number of unbranched alkanes of at least 4 members (excludes halogenated alkanes) is 3. The Morgan fingerprint density at radius 2 is 1.95 bits per heavy atom. The van der Waals surface area contributed by atoms with Crippen LogP contribution in [-0.2, 0) is 10.0 Å². The molecule has 0 aromatic heterocycles. The van der Waals surface area contributed by atoms with Gasteiger partial charge in [-0.25, -0.2) is 0 Å². The Balaban J connectivity index is 2.69. The fourth-order valence-electron chi connectivity index (χ4n) is 1.75. The maximum absolute atomic E-state index is 11.8. The van der Waals surface area contributed by atoms with Crippen LogP contribution in [0.3, 0.4) is 0 Å². The smallest absolute Gasteiger partial charge is 0.277 e. The summed E-state index contributed by atoms with van der Waals surface area (Å²) in [6.07, 6.45) is 5.98. The lowest BCUT2D eigenvalue weighted by atomic mass is 10.1. The molecule has 0 saturated heterocycles. The van der Waals surface area contributed by atoms with Crippen molar-refractivity contribution in [3.8, 4) is 0 Å². The predicted octanol–water partition coefficient (Wildman–Crippen LogP) is 4.62. The third-order valence-corrected chi connectivity index (χ3v) is 4.62. The van der Waals surface area contributed by atoms with Gasteiger partial charge in [0.05, 0.1) is 15.5 Å². The van der Waals surface area contributed by atoms with Gasteiger partial charge >= 0.3 is 0 Å². The molecule has 1 aromatic carbocycles. The van der Waals surface area contributed by atoms with E-state index < -0.39 is 10.0 Å². The molecule has 0 atom stereocenters. The summed E-state index contributed by atoms with van der Waals surface area (Å²) >= 11 is 11.7. The van der Waals surface area contributed by atoms with Gasteiger partial charge in [-0.1, -0.05) is 55.5 Å². The molecule has 0 amide bonds. The number of benzene rings is 1. The molecule has 0 aliphatic carbocycles. The van der Waals surface area contributed by atoms with E-state index in [2.05, 4.69) is 11.3 Å². The molecule has 0 heterocycles. The molecule has 0 unspecified atom stereocenters. The molecule has 0 aliphatic heterocycles. The summed E-state index contributed by atoms with van der Waals surface area (Å²) in [5.41, 5.74) is 6.27. The molecule has 1 rings (SSSR count). The Morgan fingerprint density at radius 1 is 1.23 bits per heavy atom. The van der Waals surface area contributed by atoms with Crippen molar-refractivity contribution in [1.29, 1.82) is 0 Å². The fraction of sp³-hybridized carbons (Fsp3) is 0.400. The second kappa shape index (κ2) is 9.18. The van der Waals surface area contributed by atoms with Gasteiger partial charge in [0.15, 0.2) is 0 Å². The van der Waals surface area contributed by atoms with Crippen LogP contribution >= 0.6 is 23.2 Å². The molecule has 22 heavy (non-hydrogen) atoms. The highest BCUT2D eigenvalue weighted by atomic mass is 35.5. The van der Waals surface area contributed by atoms with Crippen LogP contribution < -0.4 is 5.73 Å². The monoisotopic (exact) mass is 362 g/mol. The summed E-state index contributed by atoms with van der Waals surface area (Å²) in [5.74, 6) is 0.134. The Bertz CT molecular complexity index is 656. The normalized spacial score (nSPS) is 13.0. The summed E-state index contributed by atoms with van der Waals surface area (Å²) in [6.45, 7) is 2.11. The zero-order valence-corrected chi connectivity index (χ0v) is 14.8. The van der Waals surface area contributed by atoms with Gasteiger partial charge in [-0.15, -0.1) is 4.40 Å². The molecule has 4 nitrogen and oxygen atoms in total. The van der Waals surface area contributed by atoms with Crippen LogP contribution in [0.2, 0.25) is 10.0 Å². The standard InChI is InChI=1S/C15H20Cl2N2O2S/c1-2-3-4-5-6-15(18)19-22(20,21)10-9-12-7-8-13(16)14(17)11-12/h7-11H,2-6H2,1H3,(H2,18,19). The van der Waals surface area contributed by atoms with Crippen LogP contribution in [0.15, 0.2) is 28.0 Å². The molecule has 0 radical (unpaired) electrons. The number of amidine groups is 1. The summed E-state index contributed by atoms with van der Waals surface area (Å²) in [4.78, 5) is 0. The SMILES string of the molecule is CCCCCC/C(N)=N/S(=O)(=O)C=Cc1ccc(Cl)c(Cl)c1. The second-order valence-corrected chi connectivity index (χ2v) is 7.18. The Morgan fingerprint density at radius 3 is 2.59 bits per heavy atom. The van der Waals surface area contributed by atoms with Gasteiger partial charge in [-0.05, 0) is 30.2 Å². The number of halogens is 2. The van der Waals surface area contributed by atoms with Gasteiger partial charge < -0.3 is 5.73 Å². The molecule has 0 aliphatic rings. The zero-order chi connectivity index (χ0) is 16.6. The van der Waals surface area contributed by atoms with Gasteiger partial charge in [-0.2, -0.15) is 8.42 Å². The van der Waals surface area contributed by atoms with Crippen molar-refractivity contribution in [1.82, 2.24) is 0 Å². The Labute approximate surface area is 142 Å². The summed E-state index contributed by atoms with van der Waals surface area (Å²) in [5, 5.41) is 1.78. The number of nitrogens with zero attached hydrogens (tertiary/aromatic N) is 1. The largest absolute Gasteiger partial charge is 0.386 e. The van der Waals surface area contributed by atoms with E-state index in [1.807, 2.05) is 0 Å². The van der Waals surface area contributed by atoms with Crippen LogP contribution in [-0.4, -0.2) is 14.3 Å². The highest BCUT2D eigenvalue weighted by Crippen LogP contribution is 2.23. The number of rotatable bonds is 8. The van der Waals surface area contributed by atoms with E-state index in [0.717, 1.165) is 31.1 Å². The maximum Gasteiger partial charge on any atom is 0.277 e.